The standard InChI is InChI=1S/C21H20N2O8/c1-22-18(24)14(19(25)23(2)21(22)27)9-12-5-7-15(17(10-12)28-3)30-11-13-6-8-16(31-13)20(26)29-4/h5-10H,11H2,1-4H3. The Morgan fingerprint density at radius 3 is 2.29 bits per heavy atom. The largest absolute Gasteiger partial charge is 0.493 e. The van der Waals surface area contributed by atoms with E-state index >= 15 is 0 Å². The molecule has 0 atom stereocenters. The van der Waals surface area contributed by atoms with Gasteiger partial charge in [-0.25, -0.2) is 9.59 Å². The fraction of sp³-hybridized carbons (Fsp3) is 0.238. The van der Waals surface area contributed by atoms with Crippen molar-refractivity contribution in [3.05, 3.63) is 53.0 Å². The first-order valence-electron chi connectivity index (χ1n) is 9.06. The molecule has 2 aromatic rings. The number of amides is 4. The number of barbiturate groups is 1. The fourth-order valence-electron chi connectivity index (χ4n) is 2.85. The van der Waals surface area contributed by atoms with Gasteiger partial charge in [-0.05, 0) is 35.9 Å². The Balaban J connectivity index is 1.80. The smallest absolute Gasteiger partial charge is 0.373 e. The molecule has 2 heterocycles. The van der Waals surface area contributed by atoms with Crippen molar-refractivity contribution in [1.82, 2.24) is 9.80 Å². The molecule has 0 saturated carbocycles. The fourth-order valence-corrected chi connectivity index (χ4v) is 2.85. The van der Waals surface area contributed by atoms with Crippen LogP contribution in [0.1, 0.15) is 21.9 Å². The van der Waals surface area contributed by atoms with Gasteiger partial charge in [-0.2, -0.15) is 0 Å². The quantitative estimate of drug-likeness (QED) is 0.390. The van der Waals surface area contributed by atoms with Gasteiger partial charge in [0.25, 0.3) is 11.8 Å². The van der Waals surface area contributed by atoms with Gasteiger partial charge < -0.3 is 18.6 Å². The van der Waals surface area contributed by atoms with Crippen molar-refractivity contribution in [1.29, 1.82) is 0 Å². The predicted octanol–water partition coefficient (Wildman–Crippen LogP) is 2.09. The van der Waals surface area contributed by atoms with Gasteiger partial charge in [-0.3, -0.25) is 19.4 Å². The molecule has 1 aromatic carbocycles. The van der Waals surface area contributed by atoms with E-state index in [1.165, 1.54) is 40.5 Å². The van der Waals surface area contributed by atoms with Gasteiger partial charge in [0, 0.05) is 14.1 Å². The molecular weight excluding hydrogens is 408 g/mol. The number of rotatable bonds is 6. The molecule has 31 heavy (non-hydrogen) atoms. The van der Waals surface area contributed by atoms with Gasteiger partial charge in [0.2, 0.25) is 5.76 Å². The zero-order chi connectivity index (χ0) is 22.7. The van der Waals surface area contributed by atoms with Crippen LogP contribution in [0.5, 0.6) is 11.5 Å². The second-order valence-corrected chi connectivity index (χ2v) is 6.53. The number of esters is 1. The average molecular weight is 428 g/mol. The summed E-state index contributed by atoms with van der Waals surface area (Å²) in [6.07, 6.45) is 1.38. The van der Waals surface area contributed by atoms with E-state index in [1.807, 2.05) is 0 Å². The van der Waals surface area contributed by atoms with E-state index in [9.17, 15) is 19.2 Å². The average Bonchev–Trinajstić information content (AvgIpc) is 3.26. The highest BCUT2D eigenvalue weighted by Crippen LogP contribution is 2.30. The lowest BCUT2D eigenvalue weighted by atomic mass is 10.1. The third kappa shape index (κ3) is 4.27. The molecule has 0 bridgehead atoms. The molecule has 1 aliphatic heterocycles. The summed E-state index contributed by atoms with van der Waals surface area (Å²) < 4.78 is 21.0. The molecule has 4 amide bonds. The van der Waals surface area contributed by atoms with Gasteiger partial charge in [0.05, 0.1) is 14.2 Å². The Labute approximate surface area is 177 Å². The molecule has 1 fully saturated rings. The first kappa shape index (κ1) is 21.6. The number of ether oxygens (including phenoxy) is 3. The second-order valence-electron chi connectivity index (χ2n) is 6.53. The number of hydrogen-bond donors (Lipinski definition) is 0. The Morgan fingerprint density at radius 2 is 1.68 bits per heavy atom. The summed E-state index contributed by atoms with van der Waals surface area (Å²) >= 11 is 0. The lowest BCUT2D eigenvalue weighted by Crippen LogP contribution is -2.52. The third-order valence-corrected chi connectivity index (χ3v) is 4.56. The first-order valence-corrected chi connectivity index (χ1v) is 9.06. The predicted molar refractivity (Wildman–Crippen MR) is 106 cm³/mol. The Hall–Kier alpha value is -4.08. The van der Waals surface area contributed by atoms with Crippen molar-refractivity contribution in [2.24, 2.45) is 0 Å². The minimum atomic E-state index is -0.693. The van der Waals surface area contributed by atoms with Crippen molar-refractivity contribution in [3.63, 3.8) is 0 Å². The number of benzene rings is 1. The van der Waals surface area contributed by atoms with E-state index in [-0.39, 0.29) is 17.9 Å². The Morgan fingerprint density at radius 1 is 1.00 bits per heavy atom. The normalized spacial score (nSPS) is 14.1. The number of likely N-dealkylation sites (N-methyl/N-ethyl adjacent to an activating group) is 2. The van der Waals surface area contributed by atoms with Crippen LogP contribution in [0, 0.1) is 0 Å². The van der Waals surface area contributed by atoms with Crippen molar-refractivity contribution >= 4 is 29.9 Å². The highest BCUT2D eigenvalue weighted by Gasteiger charge is 2.37. The molecule has 162 valence electrons. The van der Waals surface area contributed by atoms with E-state index in [0.29, 0.717) is 22.8 Å². The molecule has 0 aliphatic carbocycles. The molecule has 3 rings (SSSR count). The van der Waals surface area contributed by atoms with Crippen LogP contribution in [0.2, 0.25) is 0 Å². The van der Waals surface area contributed by atoms with E-state index < -0.39 is 23.8 Å². The summed E-state index contributed by atoms with van der Waals surface area (Å²) in [5, 5.41) is 0. The number of hydrogen-bond acceptors (Lipinski definition) is 8. The maximum Gasteiger partial charge on any atom is 0.373 e. The van der Waals surface area contributed by atoms with Gasteiger partial charge in [-0.15, -0.1) is 0 Å². The summed E-state index contributed by atoms with van der Waals surface area (Å²) in [5.74, 6) is -0.772. The summed E-state index contributed by atoms with van der Waals surface area (Å²) in [6.45, 7) is 0.0302. The highest BCUT2D eigenvalue weighted by atomic mass is 16.5. The van der Waals surface area contributed by atoms with E-state index in [0.717, 1.165) is 9.80 Å². The third-order valence-electron chi connectivity index (χ3n) is 4.56. The number of carbonyl (C=O) groups excluding carboxylic acids is 4. The first-order chi connectivity index (χ1) is 14.8. The summed E-state index contributed by atoms with van der Waals surface area (Å²) in [6, 6.07) is 7.19. The summed E-state index contributed by atoms with van der Waals surface area (Å²) in [4.78, 5) is 49.7. The lowest BCUT2D eigenvalue weighted by molar-refractivity contribution is -0.134. The molecule has 0 radical (unpaired) electrons. The van der Waals surface area contributed by atoms with Gasteiger partial charge in [-0.1, -0.05) is 6.07 Å². The minimum absolute atomic E-state index is 0.0302. The van der Waals surface area contributed by atoms with E-state index in [2.05, 4.69) is 4.74 Å². The summed E-state index contributed by atoms with van der Waals surface area (Å²) in [7, 11) is 5.31. The van der Waals surface area contributed by atoms with E-state index in [4.69, 9.17) is 13.9 Å². The van der Waals surface area contributed by atoms with Crippen LogP contribution in [0.3, 0.4) is 0 Å². The number of urea groups is 1. The molecule has 0 N–H and O–H groups in total. The number of carbonyl (C=O) groups is 4. The maximum atomic E-state index is 12.3. The molecule has 1 aliphatic rings. The van der Waals surface area contributed by atoms with Crippen LogP contribution < -0.4 is 9.47 Å². The number of methoxy groups -OCH3 is 2. The topological polar surface area (TPSA) is 116 Å². The van der Waals surface area contributed by atoms with Crippen molar-refractivity contribution in [2.75, 3.05) is 28.3 Å². The van der Waals surface area contributed by atoms with Gasteiger partial charge >= 0.3 is 12.0 Å². The molecule has 1 aromatic heterocycles. The molecular formula is C21H20N2O8. The lowest BCUT2D eigenvalue weighted by Gasteiger charge is -2.28. The number of imide groups is 2. The second kappa shape index (κ2) is 8.74. The van der Waals surface area contributed by atoms with Crippen LogP contribution in [-0.4, -0.2) is 61.9 Å². The minimum Gasteiger partial charge on any atom is -0.493 e. The van der Waals surface area contributed by atoms with Crippen LogP contribution in [-0.2, 0) is 20.9 Å². The van der Waals surface area contributed by atoms with E-state index in [1.54, 1.807) is 24.3 Å². The van der Waals surface area contributed by atoms with Crippen molar-refractivity contribution < 1.29 is 37.8 Å². The highest BCUT2D eigenvalue weighted by molar-refractivity contribution is 6.30. The number of nitrogens with zero attached hydrogens (tertiary/aromatic N) is 2. The summed E-state index contributed by atoms with van der Waals surface area (Å²) in [5.41, 5.74) is 0.356. The van der Waals surface area contributed by atoms with Crippen LogP contribution in [0.15, 0.2) is 40.3 Å². The Kier molecular flexibility index (Phi) is 6.10. The molecule has 10 heteroatoms. The maximum absolute atomic E-state index is 12.3. The molecule has 0 unspecified atom stereocenters. The monoisotopic (exact) mass is 428 g/mol. The van der Waals surface area contributed by atoms with Crippen LogP contribution >= 0.6 is 0 Å². The van der Waals surface area contributed by atoms with Crippen molar-refractivity contribution in [2.45, 2.75) is 6.61 Å². The van der Waals surface area contributed by atoms with Crippen molar-refractivity contribution in [3.8, 4) is 11.5 Å². The van der Waals surface area contributed by atoms with Gasteiger partial charge in [0.15, 0.2) is 11.5 Å². The zero-order valence-electron chi connectivity index (χ0n) is 17.3. The number of furan rings is 1. The molecule has 1 saturated heterocycles. The SMILES string of the molecule is COC(=O)c1ccc(COc2ccc(C=C3C(=O)N(C)C(=O)N(C)C3=O)cc2OC)o1. The molecule has 10 nitrogen and oxygen atoms in total. The van der Waals surface area contributed by atoms with Crippen LogP contribution in [0.25, 0.3) is 6.08 Å². The zero-order valence-corrected chi connectivity index (χ0v) is 17.3. The molecule has 0 spiro atoms. The van der Waals surface area contributed by atoms with Gasteiger partial charge in [0.1, 0.15) is 17.9 Å². The van der Waals surface area contributed by atoms with Crippen LogP contribution in [0.4, 0.5) is 4.79 Å². The Bertz CT molecular complexity index is 1060.